The van der Waals surface area contributed by atoms with Crippen molar-refractivity contribution >= 4 is 17.2 Å². The minimum atomic E-state index is -0.0274. The maximum Gasteiger partial charge on any atom is 0.244 e. The summed E-state index contributed by atoms with van der Waals surface area (Å²) in [5.41, 5.74) is 2.67. The van der Waals surface area contributed by atoms with Crippen molar-refractivity contribution in [2.24, 2.45) is 0 Å². The van der Waals surface area contributed by atoms with E-state index in [9.17, 15) is 0 Å². The Balaban J connectivity index is 1.46. The number of aromatic nitrogens is 6. The predicted molar refractivity (Wildman–Crippen MR) is 113 cm³/mol. The zero-order chi connectivity index (χ0) is 20.7. The number of nitrogens with one attached hydrogen (secondary N) is 1. The van der Waals surface area contributed by atoms with Crippen LogP contribution >= 0.6 is 0 Å². The Hall–Kier alpha value is -3.20. The summed E-state index contributed by atoms with van der Waals surface area (Å²) in [5, 5.41) is 8.15. The summed E-state index contributed by atoms with van der Waals surface area (Å²) in [4.78, 5) is 13.3. The van der Waals surface area contributed by atoms with Crippen molar-refractivity contribution in [3.8, 4) is 17.0 Å². The van der Waals surface area contributed by atoms with Crippen molar-refractivity contribution in [2.45, 2.75) is 44.2 Å². The van der Waals surface area contributed by atoms with E-state index in [0.29, 0.717) is 23.6 Å². The standard InChI is InChI=1S/C21H25N7O2/c1-21(30-3)7-4-15(5-8-21)24-19-25-18(29-2)17-16(6-10-28(17)26-19)14-12-23-20-22-9-11-27(20)13-14/h6,9-13,15H,4-5,7-8H2,1-3H3,(H,24,26)/t15-,21-. The summed E-state index contributed by atoms with van der Waals surface area (Å²) >= 11 is 0. The second-order valence-electron chi connectivity index (χ2n) is 8.02. The highest BCUT2D eigenvalue weighted by atomic mass is 16.5. The lowest BCUT2D eigenvalue weighted by atomic mass is 9.83. The van der Waals surface area contributed by atoms with Crippen LogP contribution in [0.2, 0.25) is 0 Å². The van der Waals surface area contributed by atoms with Crippen molar-refractivity contribution in [3.63, 3.8) is 0 Å². The molecule has 4 heterocycles. The number of methoxy groups -OCH3 is 2. The van der Waals surface area contributed by atoms with Gasteiger partial charge in [-0.1, -0.05) is 0 Å². The highest BCUT2D eigenvalue weighted by Gasteiger charge is 2.31. The Kier molecular flexibility index (Phi) is 4.54. The number of anilines is 1. The molecule has 30 heavy (non-hydrogen) atoms. The molecule has 0 aromatic carbocycles. The summed E-state index contributed by atoms with van der Waals surface area (Å²) in [6, 6.07) is 2.32. The Morgan fingerprint density at radius 3 is 2.77 bits per heavy atom. The second kappa shape index (κ2) is 7.24. The lowest BCUT2D eigenvalue weighted by molar-refractivity contribution is -0.0253. The number of hydrogen-bond donors (Lipinski definition) is 1. The Morgan fingerprint density at radius 1 is 1.17 bits per heavy atom. The third kappa shape index (κ3) is 3.24. The zero-order valence-electron chi connectivity index (χ0n) is 17.4. The van der Waals surface area contributed by atoms with Gasteiger partial charge in [0.15, 0.2) is 0 Å². The van der Waals surface area contributed by atoms with E-state index < -0.39 is 0 Å². The first-order chi connectivity index (χ1) is 14.6. The van der Waals surface area contributed by atoms with Gasteiger partial charge in [-0.25, -0.2) is 14.5 Å². The topological polar surface area (TPSA) is 90.9 Å². The molecule has 4 aromatic heterocycles. The van der Waals surface area contributed by atoms with Gasteiger partial charge in [-0.3, -0.25) is 4.40 Å². The van der Waals surface area contributed by atoms with Crippen LogP contribution in [0.15, 0.2) is 37.1 Å². The molecule has 0 radical (unpaired) electrons. The van der Waals surface area contributed by atoms with Gasteiger partial charge in [-0.2, -0.15) is 4.98 Å². The number of rotatable bonds is 5. The van der Waals surface area contributed by atoms with Crippen LogP contribution in [-0.4, -0.2) is 54.8 Å². The molecule has 0 atom stereocenters. The van der Waals surface area contributed by atoms with Crippen molar-refractivity contribution in [2.75, 3.05) is 19.5 Å². The van der Waals surface area contributed by atoms with E-state index in [2.05, 4.69) is 32.3 Å². The molecule has 9 heteroatoms. The van der Waals surface area contributed by atoms with Crippen molar-refractivity contribution in [3.05, 3.63) is 37.1 Å². The largest absolute Gasteiger partial charge is 0.479 e. The average molecular weight is 407 g/mol. The van der Waals surface area contributed by atoms with Crippen LogP contribution in [-0.2, 0) is 4.74 Å². The molecule has 1 aliphatic carbocycles. The van der Waals surface area contributed by atoms with E-state index in [0.717, 1.165) is 42.3 Å². The molecule has 1 N–H and O–H groups in total. The fourth-order valence-electron chi connectivity index (χ4n) is 4.14. The molecule has 5 rings (SSSR count). The SMILES string of the molecule is COc1nc(N[C@H]2CC[C@](C)(OC)CC2)nn2ccc(-c3cnc4nccn4c3)c12. The number of imidazole rings is 1. The van der Waals surface area contributed by atoms with Gasteiger partial charge in [-0.05, 0) is 38.7 Å². The quantitative estimate of drug-likeness (QED) is 0.543. The van der Waals surface area contributed by atoms with Crippen LogP contribution < -0.4 is 10.1 Å². The predicted octanol–water partition coefficient (Wildman–Crippen LogP) is 3.21. The molecule has 1 saturated carbocycles. The fourth-order valence-corrected chi connectivity index (χ4v) is 4.14. The van der Waals surface area contributed by atoms with Crippen LogP contribution in [0.1, 0.15) is 32.6 Å². The molecule has 0 saturated heterocycles. The van der Waals surface area contributed by atoms with Gasteiger partial charge >= 0.3 is 0 Å². The molecule has 156 valence electrons. The van der Waals surface area contributed by atoms with Gasteiger partial charge in [0.2, 0.25) is 17.6 Å². The average Bonchev–Trinajstić information content (AvgIpc) is 3.41. The molecule has 0 amide bonds. The van der Waals surface area contributed by atoms with Crippen molar-refractivity contribution < 1.29 is 9.47 Å². The first kappa shape index (κ1) is 18.8. The minimum absolute atomic E-state index is 0.0274. The first-order valence-electron chi connectivity index (χ1n) is 10.1. The summed E-state index contributed by atoms with van der Waals surface area (Å²) in [6.45, 7) is 2.17. The second-order valence-corrected chi connectivity index (χ2v) is 8.02. The molecular formula is C21H25N7O2. The van der Waals surface area contributed by atoms with E-state index in [-0.39, 0.29) is 5.60 Å². The van der Waals surface area contributed by atoms with E-state index in [1.54, 1.807) is 26.6 Å². The summed E-state index contributed by atoms with van der Waals surface area (Å²) in [5.74, 6) is 1.75. The van der Waals surface area contributed by atoms with Gasteiger partial charge in [0, 0.05) is 55.3 Å². The van der Waals surface area contributed by atoms with Crippen molar-refractivity contribution in [1.29, 1.82) is 0 Å². The van der Waals surface area contributed by atoms with Crippen LogP contribution in [0.25, 0.3) is 22.4 Å². The molecular weight excluding hydrogens is 382 g/mol. The van der Waals surface area contributed by atoms with Gasteiger partial charge in [0.25, 0.3) is 0 Å². The van der Waals surface area contributed by atoms with Crippen LogP contribution in [0.3, 0.4) is 0 Å². The lowest BCUT2D eigenvalue weighted by Gasteiger charge is -2.36. The number of fused-ring (bicyclic) bond motifs is 2. The maximum absolute atomic E-state index is 5.64. The fraction of sp³-hybridized carbons (Fsp3) is 0.429. The Bertz CT molecular complexity index is 1190. The number of nitrogens with zero attached hydrogens (tertiary/aromatic N) is 6. The van der Waals surface area contributed by atoms with Crippen LogP contribution in [0.5, 0.6) is 5.88 Å². The van der Waals surface area contributed by atoms with E-state index in [1.165, 1.54) is 0 Å². The summed E-state index contributed by atoms with van der Waals surface area (Å²) in [7, 11) is 3.42. The van der Waals surface area contributed by atoms with E-state index in [1.807, 2.05) is 33.6 Å². The zero-order valence-corrected chi connectivity index (χ0v) is 17.4. The van der Waals surface area contributed by atoms with Gasteiger partial charge in [-0.15, -0.1) is 5.10 Å². The third-order valence-electron chi connectivity index (χ3n) is 6.10. The summed E-state index contributed by atoms with van der Waals surface area (Å²) < 4.78 is 15.0. The maximum atomic E-state index is 5.64. The number of hydrogen-bond acceptors (Lipinski definition) is 7. The normalized spacial score (nSPS) is 21.9. The van der Waals surface area contributed by atoms with Gasteiger partial charge in [0.05, 0.1) is 12.7 Å². The van der Waals surface area contributed by atoms with E-state index >= 15 is 0 Å². The molecule has 1 fully saturated rings. The minimum Gasteiger partial charge on any atom is -0.479 e. The molecule has 0 unspecified atom stereocenters. The van der Waals surface area contributed by atoms with Gasteiger partial charge < -0.3 is 14.8 Å². The Labute approximate surface area is 174 Å². The lowest BCUT2D eigenvalue weighted by Crippen LogP contribution is -2.37. The third-order valence-corrected chi connectivity index (χ3v) is 6.10. The molecule has 0 aliphatic heterocycles. The van der Waals surface area contributed by atoms with Crippen molar-refractivity contribution in [1.82, 2.24) is 29.0 Å². The highest BCUT2D eigenvalue weighted by Crippen LogP contribution is 2.33. The monoisotopic (exact) mass is 407 g/mol. The van der Waals surface area contributed by atoms with Crippen LogP contribution in [0, 0.1) is 0 Å². The summed E-state index contributed by atoms with van der Waals surface area (Å²) in [6.07, 6.45) is 13.4. The van der Waals surface area contributed by atoms with Crippen LogP contribution in [0.4, 0.5) is 5.95 Å². The highest BCUT2D eigenvalue weighted by molar-refractivity contribution is 5.84. The molecule has 9 nitrogen and oxygen atoms in total. The molecule has 0 spiro atoms. The first-order valence-corrected chi connectivity index (χ1v) is 10.1. The molecule has 1 aliphatic rings. The molecule has 4 aromatic rings. The Morgan fingerprint density at radius 2 is 2.00 bits per heavy atom. The smallest absolute Gasteiger partial charge is 0.244 e. The number of ether oxygens (including phenoxy) is 2. The van der Waals surface area contributed by atoms with E-state index in [4.69, 9.17) is 9.47 Å². The van der Waals surface area contributed by atoms with Gasteiger partial charge in [0.1, 0.15) is 5.52 Å². The molecule has 0 bridgehead atoms.